The van der Waals surface area contributed by atoms with E-state index in [1.165, 1.54) is 0 Å². The molecule has 0 spiro atoms. The first-order chi connectivity index (χ1) is 8.58. The minimum Gasteiger partial charge on any atom is -0.450 e. The van der Waals surface area contributed by atoms with Crippen molar-refractivity contribution in [1.29, 1.82) is 0 Å². The number of hydrogen-bond acceptors (Lipinski definition) is 3. The molecule has 0 aliphatic carbocycles. The van der Waals surface area contributed by atoms with Crippen molar-refractivity contribution < 1.29 is 9.66 Å². The number of benzene rings is 2. The van der Waals surface area contributed by atoms with Crippen LogP contribution in [0.3, 0.4) is 0 Å². The van der Waals surface area contributed by atoms with Crippen LogP contribution in [0.25, 0.3) is 0 Å². The average molecular weight is 355 g/mol. The van der Waals surface area contributed by atoms with Crippen LogP contribution in [-0.2, 0) is 0 Å². The largest absolute Gasteiger partial charge is 0.450 e. The van der Waals surface area contributed by atoms with E-state index in [2.05, 4.69) is 22.6 Å². The summed E-state index contributed by atoms with van der Waals surface area (Å²) >= 11 is 2.16. The van der Waals surface area contributed by atoms with Gasteiger partial charge in [-0.05, 0) is 53.8 Å². The zero-order valence-corrected chi connectivity index (χ0v) is 11.7. The third-order valence-electron chi connectivity index (χ3n) is 2.41. The van der Waals surface area contributed by atoms with Crippen molar-refractivity contribution in [3.63, 3.8) is 0 Å². The van der Waals surface area contributed by atoms with Crippen molar-refractivity contribution in [2.24, 2.45) is 0 Å². The van der Waals surface area contributed by atoms with Crippen LogP contribution in [0, 0.1) is 20.6 Å². The van der Waals surface area contributed by atoms with Crippen molar-refractivity contribution in [3.05, 3.63) is 61.7 Å². The minimum absolute atomic E-state index is 0.0105. The monoisotopic (exact) mass is 355 g/mol. The van der Waals surface area contributed by atoms with Gasteiger partial charge in [0, 0.05) is 9.13 Å². The molecule has 0 amide bonds. The summed E-state index contributed by atoms with van der Waals surface area (Å²) in [5, 5.41) is 11.0. The van der Waals surface area contributed by atoms with Crippen molar-refractivity contribution in [2.75, 3.05) is 0 Å². The highest BCUT2D eigenvalue weighted by Gasteiger charge is 2.18. The van der Waals surface area contributed by atoms with Crippen molar-refractivity contribution in [3.8, 4) is 11.5 Å². The highest BCUT2D eigenvalue weighted by atomic mass is 127. The van der Waals surface area contributed by atoms with Crippen molar-refractivity contribution in [1.82, 2.24) is 0 Å². The van der Waals surface area contributed by atoms with Gasteiger partial charge in [0.25, 0.3) is 0 Å². The summed E-state index contributed by atoms with van der Waals surface area (Å²) in [6.07, 6.45) is 0. The van der Waals surface area contributed by atoms with E-state index in [9.17, 15) is 10.1 Å². The number of hydrogen-bond donors (Lipinski definition) is 0. The molecule has 18 heavy (non-hydrogen) atoms. The fourth-order valence-electron chi connectivity index (χ4n) is 1.61. The molecule has 0 unspecified atom stereocenters. The van der Waals surface area contributed by atoms with E-state index < -0.39 is 4.92 Å². The molecule has 0 N–H and O–H groups in total. The molecule has 0 saturated heterocycles. The van der Waals surface area contributed by atoms with Gasteiger partial charge in [0.15, 0.2) is 0 Å². The highest BCUT2D eigenvalue weighted by molar-refractivity contribution is 14.1. The molecule has 4 nitrogen and oxygen atoms in total. The second kappa shape index (κ2) is 5.34. The first-order valence-electron chi connectivity index (χ1n) is 5.25. The number of nitro benzene ring substituents is 1. The van der Waals surface area contributed by atoms with Crippen LogP contribution in [0.15, 0.2) is 42.5 Å². The molecule has 2 aromatic carbocycles. The molecule has 0 radical (unpaired) electrons. The number of nitrogens with zero attached hydrogens (tertiary/aromatic N) is 1. The van der Waals surface area contributed by atoms with Gasteiger partial charge in [0.1, 0.15) is 5.75 Å². The maximum atomic E-state index is 11.0. The van der Waals surface area contributed by atoms with Crippen LogP contribution in [0.1, 0.15) is 5.56 Å². The van der Waals surface area contributed by atoms with Crippen LogP contribution in [-0.4, -0.2) is 4.92 Å². The van der Waals surface area contributed by atoms with Gasteiger partial charge < -0.3 is 4.74 Å². The summed E-state index contributed by atoms with van der Waals surface area (Å²) in [4.78, 5) is 10.6. The van der Waals surface area contributed by atoms with E-state index in [4.69, 9.17) is 4.74 Å². The van der Waals surface area contributed by atoms with Crippen LogP contribution in [0.5, 0.6) is 11.5 Å². The Bertz CT molecular complexity index is 599. The molecule has 0 aromatic heterocycles. The van der Waals surface area contributed by atoms with E-state index in [1.807, 2.05) is 18.2 Å². The molecule has 2 aromatic rings. The third kappa shape index (κ3) is 2.79. The van der Waals surface area contributed by atoms with E-state index in [1.54, 1.807) is 31.2 Å². The summed E-state index contributed by atoms with van der Waals surface area (Å²) in [6, 6.07) is 12.4. The van der Waals surface area contributed by atoms with Gasteiger partial charge in [-0.3, -0.25) is 10.1 Å². The summed E-state index contributed by atoms with van der Waals surface area (Å²) in [6.45, 7) is 1.69. The lowest BCUT2D eigenvalue weighted by atomic mass is 10.2. The topological polar surface area (TPSA) is 52.4 Å². The summed E-state index contributed by atoms with van der Waals surface area (Å²) < 4.78 is 6.60. The molecule has 0 bridgehead atoms. The fraction of sp³-hybridized carbons (Fsp3) is 0.0769. The normalized spacial score (nSPS) is 10.1. The number of halogens is 1. The summed E-state index contributed by atoms with van der Waals surface area (Å²) in [5.74, 6) is 0.859. The number of rotatable bonds is 3. The first-order valence-corrected chi connectivity index (χ1v) is 6.33. The highest BCUT2D eigenvalue weighted by Crippen LogP contribution is 2.34. The first kappa shape index (κ1) is 12.8. The van der Waals surface area contributed by atoms with Crippen molar-refractivity contribution in [2.45, 2.75) is 6.92 Å². The van der Waals surface area contributed by atoms with Crippen LogP contribution < -0.4 is 4.74 Å². The molecule has 0 saturated carbocycles. The van der Waals surface area contributed by atoms with E-state index in [-0.39, 0.29) is 11.4 Å². The van der Waals surface area contributed by atoms with E-state index >= 15 is 0 Å². The Morgan fingerprint density at radius 1 is 1.22 bits per heavy atom. The third-order valence-corrected chi connectivity index (χ3v) is 3.08. The van der Waals surface area contributed by atoms with Crippen LogP contribution in [0.2, 0.25) is 0 Å². The molecular formula is C13H10INO3. The molecule has 5 heteroatoms. The van der Waals surface area contributed by atoms with Gasteiger partial charge >= 0.3 is 5.69 Å². The zero-order chi connectivity index (χ0) is 13.1. The standard InChI is InChI=1S/C13H10INO3/c1-9-4-2-7-12(13(9)15(16)17)18-11-6-3-5-10(14)8-11/h2-8H,1H3. The van der Waals surface area contributed by atoms with Gasteiger partial charge in [-0.25, -0.2) is 0 Å². The summed E-state index contributed by atoms with van der Waals surface area (Å²) in [7, 11) is 0. The molecular weight excluding hydrogens is 345 g/mol. The molecule has 0 aliphatic rings. The maximum Gasteiger partial charge on any atom is 0.314 e. The summed E-state index contributed by atoms with van der Waals surface area (Å²) in [5.41, 5.74) is 0.597. The maximum absolute atomic E-state index is 11.0. The molecule has 0 atom stereocenters. The Morgan fingerprint density at radius 2 is 1.94 bits per heavy atom. The van der Waals surface area contributed by atoms with Gasteiger partial charge in [0.2, 0.25) is 5.75 Å². The predicted octanol–water partition coefficient (Wildman–Crippen LogP) is 4.30. The number of para-hydroxylation sites is 1. The van der Waals surface area contributed by atoms with Crippen LogP contribution in [0.4, 0.5) is 5.69 Å². The van der Waals surface area contributed by atoms with Crippen molar-refractivity contribution >= 4 is 28.3 Å². The molecule has 0 fully saturated rings. The lowest BCUT2D eigenvalue weighted by molar-refractivity contribution is -0.386. The Morgan fingerprint density at radius 3 is 2.61 bits per heavy atom. The minimum atomic E-state index is -0.418. The van der Waals surface area contributed by atoms with Crippen LogP contribution >= 0.6 is 22.6 Å². The fourth-order valence-corrected chi connectivity index (χ4v) is 2.12. The lowest BCUT2D eigenvalue weighted by Gasteiger charge is -2.07. The Hall–Kier alpha value is -1.63. The van der Waals surface area contributed by atoms with Gasteiger partial charge in [-0.15, -0.1) is 0 Å². The molecule has 92 valence electrons. The van der Waals surface area contributed by atoms with E-state index in [0.29, 0.717) is 11.3 Å². The van der Waals surface area contributed by atoms with Gasteiger partial charge in [-0.2, -0.15) is 0 Å². The number of ether oxygens (including phenoxy) is 1. The number of aryl methyl sites for hydroxylation is 1. The number of nitro groups is 1. The smallest absolute Gasteiger partial charge is 0.314 e. The Kier molecular flexibility index (Phi) is 3.81. The second-order valence-electron chi connectivity index (χ2n) is 3.74. The van der Waals surface area contributed by atoms with Gasteiger partial charge in [-0.1, -0.05) is 18.2 Å². The second-order valence-corrected chi connectivity index (χ2v) is 4.98. The molecule has 0 heterocycles. The molecule has 0 aliphatic heterocycles. The average Bonchev–Trinajstić information content (AvgIpc) is 2.28. The van der Waals surface area contributed by atoms with Gasteiger partial charge in [0.05, 0.1) is 4.92 Å². The quantitative estimate of drug-likeness (QED) is 0.469. The predicted molar refractivity (Wildman–Crippen MR) is 77.1 cm³/mol. The zero-order valence-electron chi connectivity index (χ0n) is 9.59. The SMILES string of the molecule is Cc1cccc(Oc2cccc(I)c2)c1[N+](=O)[O-]. The Labute approximate surface area is 118 Å². The Balaban J connectivity index is 2.40. The van der Waals surface area contributed by atoms with E-state index in [0.717, 1.165) is 3.57 Å². The lowest BCUT2D eigenvalue weighted by Crippen LogP contribution is -1.96. The molecule has 2 rings (SSSR count).